The van der Waals surface area contributed by atoms with Crippen molar-refractivity contribution in [3.8, 4) is 0 Å². The maximum Gasteiger partial charge on any atom is 0.409 e. The minimum absolute atomic E-state index is 0.201. The first-order valence-electron chi connectivity index (χ1n) is 8.14. The molecule has 0 bridgehead atoms. The minimum atomic E-state index is -0.384. The number of fused-ring (bicyclic) bond motifs is 2. The Hall–Kier alpha value is -3.42. The summed E-state index contributed by atoms with van der Waals surface area (Å²) in [7, 11) is 1.35. The average Bonchev–Trinajstić information content (AvgIpc) is 3.08. The van der Waals surface area contributed by atoms with Gasteiger partial charge in [-0.3, -0.25) is 14.3 Å². The molecule has 0 saturated heterocycles. The topological polar surface area (TPSA) is 103 Å². The summed E-state index contributed by atoms with van der Waals surface area (Å²) in [4.78, 5) is 34.9. The summed E-state index contributed by atoms with van der Waals surface area (Å²) in [5, 5.41) is 0. The predicted molar refractivity (Wildman–Crippen MR) is 94.6 cm³/mol. The SMILES string of the molecule is COC(=O)N1CCc2c(cncc2C(=O)n2cnc3cc(N)ccc32)C1. The van der Waals surface area contributed by atoms with Crippen LogP contribution in [-0.2, 0) is 17.7 Å². The molecule has 0 saturated carbocycles. The van der Waals surface area contributed by atoms with Crippen molar-refractivity contribution < 1.29 is 14.3 Å². The van der Waals surface area contributed by atoms with Crippen LogP contribution >= 0.6 is 0 Å². The van der Waals surface area contributed by atoms with Crippen LogP contribution in [0.4, 0.5) is 10.5 Å². The summed E-state index contributed by atoms with van der Waals surface area (Å²) >= 11 is 0. The second-order valence-electron chi connectivity index (χ2n) is 6.13. The molecule has 132 valence electrons. The average molecular weight is 351 g/mol. The van der Waals surface area contributed by atoms with Gasteiger partial charge < -0.3 is 15.4 Å². The van der Waals surface area contributed by atoms with Crippen molar-refractivity contribution in [3.63, 3.8) is 0 Å². The maximum atomic E-state index is 13.1. The van der Waals surface area contributed by atoms with Crippen molar-refractivity contribution in [2.24, 2.45) is 0 Å². The van der Waals surface area contributed by atoms with Crippen molar-refractivity contribution in [2.75, 3.05) is 19.4 Å². The number of aromatic nitrogens is 3. The Morgan fingerprint density at radius 1 is 1.27 bits per heavy atom. The van der Waals surface area contributed by atoms with E-state index in [-0.39, 0.29) is 12.0 Å². The monoisotopic (exact) mass is 351 g/mol. The van der Waals surface area contributed by atoms with Crippen molar-refractivity contribution in [1.82, 2.24) is 19.4 Å². The number of benzene rings is 1. The Labute approximate surface area is 149 Å². The van der Waals surface area contributed by atoms with Crippen LogP contribution in [0.1, 0.15) is 21.5 Å². The van der Waals surface area contributed by atoms with E-state index in [4.69, 9.17) is 10.5 Å². The normalized spacial score (nSPS) is 13.5. The third-order valence-electron chi connectivity index (χ3n) is 4.59. The molecular formula is C18H17N5O3. The number of hydrogen-bond acceptors (Lipinski definition) is 6. The fourth-order valence-corrected chi connectivity index (χ4v) is 3.28. The number of nitrogens with zero attached hydrogens (tertiary/aromatic N) is 4. The number of carbonyl (C=O) groups is 2. The number of nitrogens with two attached hydrogens (primary N) is 1. The molecule has 1 aromatic carbocycles. The van der Waals surface area contributed by atoms with Crippen molar-refractivity contribution in [3.05, 3.63) is 53.6 Å². The predicted octanol–water partition coefficient (Wildman–Crippen LogP) is 1.83. The Kier molecular flexibility index (Phi) is 3.80. The second kappa shape index (κ2) is 6.14. The molecule has 0 aliphatic carbocycles. The molecule has 0 atom stereocenters. The summed E-state index contributed by atoms with van der Waals surface area (Å²) in [5.41, 5.74) is 9.99. The van der Waals surface area contributed by atoms with Crippen LogP contribution in [0, 0.1) is 0 Å². The van der Waals surface area contributed by atoms with Crippen LogP contribution in [0.3, 0.4) is 0 Å². The molecule has 2 N–H and O–H groups in total. The molecule has 1 aliphatic rings. The first-order valence-corrected chi connectivity index (χ1v) is 8.14. The van der Waals surface area contributed by atoms with Gasteiger partial charge in [0.05, 0.1) is 30.3 Å². The van der Waals surface area contributed by atoms with Crippen molar-refractivity contribution in [1.29, 1.82) is 0 Å². The molecule has 0 spiro atoms. The first kappa shape index (κ1) is 16.1. The maximum absolute atomic E-state index is 13.1. The quantitative estimate of drug-likeness (QED) is 0.671. The van der Waals surface area contributed by atoms with Gasteiger partial charge >= 0.3 is 6.09 Å². The minimum Gasteiger partial charge on any atom is -0.453 e. The zero-order chi connectivity index (χ0) is 18.3. The summed E-state index contributed by atoms with van der Waals surface area (Å²) in [6.45, 7) is 0.864. The number of ether oxygens (including phenoxy) is 1. The third kappa shape index (κ3) is 2.55. The fraction of sp³-hybridized carbons (Fsp3) is 0.222. The molecule has 1 amide bonds. The number of imidazole rings is 1. The van der Waals surface area contributed by atoms with Crippen LogP contribution < -0.4 is 5.73 Å². The Bertz CT molecular complexity index is 1030. The van der Waals surface area contributed by atoms with E-state index in [9.17, 15) is 9.59 Å². The largest absolute Gasteiger partial charge is 0.453 e. The summed E-state index contributed by atoms with van der Waals surface area (Å²) in [6, 6.07) is 5.24. The molecule has 3 heterocycles. The van der Waals surface area contributed by atoms with E-state index in [1.165, 1.54) is 18.0 Å². The van der Waals surface area contributed by atoms with Crippen molar-refractivity contribution >= 4 is 28.7 Å². The number of rotatable bonds is 1. The molecule has 0 radical (unpaired) electrons. The highest BCUT2D eigenvalue weighted by Gasteiger charge is 2.26. The molecular weight excluding hydrogens is 334 g/mol. The number of pyridine rings is 1. The highest BCUT2D eigenvalue weighted by Crippen LogP contribution is 2.24. The molecule has 1 aliphatic heterocycles. The lowest BCUT2D eigenvalue weighted by molar-refractivity contribution is 0.0962. The lowest BCUT2D eigenvalue weighted by Gasteiger charge is -2.28. The zero-order valence-electron chi connectivity index (χ0n) is 14.2. The van der Waals surface area contributed by atoms with E-state index in [0.717, 1.165) is 11.1 Å². The van der Waals surface area contributed by atoms with E-state index in [1.54, 1.807) is 35.5 Å². The summed E-state index contributed by atoms with van der Waals surface area (Å²) < 4.78 is 6.27. The second-order valence-corrected chi connectivity index (χ2v) is 6.13. The highest BCUT2D eigenvalue weighted by molar-refractivity contribution is 6.02. The first-order chi connectivity index (χ1) is 12.6. The molecule has 0 fully saturated rings. The molecule has 2 aromatic heterocycles. The number of methoxy groups -OCH3 is 1. The van der Waals surface area contributed by atoms with E-state index in [2.05, 4.69) is 9.97 Å². The van der Waals surface area contributed by atoms with Gasteiger partial charge in [-0.25, -0.2) is 9.78 Å². The number of nitrogen functional groups attached to an aromatic ring is 1. The lowest BCUT2D eigenvalue weighted by atomic mass is 9.97. The Balaban J connectivity index is 1.72. The molecule has 3 aromatic rings. The van der Waals surface area contributed by atoms with Crippen LogP contribution in [0.15, 0.2) is 36.9 Å². The van der Waals surface area contributed by atoms with E-state index in [0.29, 0.717) is 41.8 Å². The highest BCUT2D eigenvalue weighted by atomic mass is 16.5. The summed E-state index contributed by atoms with van der Waals surface area (Å²) in [6.07, 6.45) is 4.93. The molecule has 26 heavy (non-hydrogen) atoms. The van der Waals surface area contributed by atoms with Crippen LogP contribution in [0.2, 0.25) is 0 Å². The van der Waals surface area contributed by atoms with Gasteiger partial charge in [0.2, 0.25) is 0 Å². The summed E-state index contributed by atoms with van der Waals surface area (Å²) in [5.74, 6) is -0.201. The van der Waals surface area contributed by atoms with Gasteiger partial charge in [-0.05, 0) is 35.7 Å². The van der Waals surface area contributed by atoms with Gasteiger partial charge in [-0.2, -0.15) is 0 Å². The Morgan fingerprint density at radius 2 is 2.12 bits per heavy atom. The van der Waals surface area contributed by atoms with Gasteiger partial charge in [0.25, 0.3) is 5.91 Å². The van der Waals surface area contributed by atoms with Crippen molar-refractivity contribution in [2.45, 2.75) is 13.0 Å². The van der Waals surface area contributed by atoms with E-state index < -0.39 is 0 Å². The smallest absolute Gasteiger partial charge is 0.409 e. The van der Waals surface area contributed by atoms with Gasteiger partial charge in [-0.1, -0.05) is 0 Å². The van der Waals surface area contributed by atoms with Gasteiger partial charge in [0.1, 0.15) is 6.33 Å². The zero-order valence-corrected chi connectivity index (χ0v) is 14.2. The van der Waals surface area contributed by atoms with Gasteiger partial charge in [-0.15, -0.1) is 0 Å². The number of amides is 1. The van der Waals surface area contributed by atoms with Gasteiger partial charge in [0, 0.05) is 24.6 Å². The van der Waals surface area contributed by atoms with Crippen LogP contribution in [-0.4, -0.2) is 45.1 Å². The number of hydrogen-bond donors (Lipinski definition) is 1. The third-order valence-corrected chi connectivity index (χ3v) is 4.59. The standard InChI is InChI=1S/C18H17N5O3/c1-26-18(25)22-5-4-13-11(9-22)7-20-8-14(13)17(24)23-10-21-15-6-12(19)2-3-16(15)23/h2-3,6-8,10H,4-5,9,19H2,1H3. The molecule has 0 unspecified atom stereocenters. The van der Waals surface area contributed by atoms with Gasteiger partial charge in [0.15, 0.2) is 0 Å². The number of anilines is 1. The lowest BCUT2D eigenvalue weighted by Crippen LogP contribution is -2.36. The molecule has 8 heteroatoms. The fourth-order valence-electron chi connectivity index (χ4n) is 3.28. The van der Waals surface area contributed by atoms with E-state index >= 15 is 0 Å². The van der Waals surface area contributed by atoms with Crippen LogP contribution in [0.25, 0.3) is 11.0 Å². The Morgan fingerprint density at radius 3 is 2.92 bits per heavy atom. The van der Waals surface area contributed by atoms with E-state index in [1.807, 2.05) is 0 Å². The molecule has 8 nitrogen and oxygen atoms in total. The number of carbonyl (C=O) groups excluding carboxylic acids is 2. The molecule has 4 rings (SSSR count). The van der Waals surface area contributed by atoms with Crippen LogP contribution in [0.5, 0.6) is 0 Å².